The summed E-state index contributed by atoms with van der Waals surface area (Å²) in [6.07, 6.45) is 6.79. The smallest absolute Gasteiger partial charge is 0.0213 e. The highest BCUT2D eigenvalue weighted by Gasteiger charge is 2.61. The summed E-state index contributed by atoms with van der Waals surface area (Å²) in [5.41, 5.74) is 7.16. The fraction of sp³-hybridized carbons (Fsp3) is 1.00. The van der Waals surface area contributed by atoms with Gasteiger partial charge in [-0.15, -0.1) is 0 Å². The van der Waals surface area contributed by atoms with Crippen molar-refractivity contribution in [2.75, 3.05) is 0 Å². The van der Waals surface area contributed by atoms with E-state index in [-0.39, 0.29) is 5.54 Å². The predicted molar refractivity (Wildman–Crippen MR) is 56.4 cm³/mol. The Hall–Kier alpha value is -0.0400. The second-order valence-electron chi connectivity index (χ2n) is 5.35. The van der Waals surface area contributed by atoms with E-state index in [0.717, 1.165) is 11.8 Å². The first-order chi connectivity index (χ1) is 6.08. The molecule has 3 atom stereocenters. The van der Waals surface area contributed by atoms with Gasteiger partial charge in [-0.25, -0.2) is 0 Å². The minimum absolute atomic E-state index is 0.124. The van der Waals surface area contributed by atoms with Crippen LogP contribution in [0.2, 0.25) is 0 Å². The molecule has 2 rings (SSSR count). The van der Waals surface area contributed by atoms with Crippen molar-refractivity contribution < 1.29 is 0 Å². The summed E-state index contributed by atoms with van der Waals surface area (Å²) in [6.45, 7) is 6.97. The summed E-state index contributed by atoms with van der Waals surface area (Å²) in [5.74, 6) is 1.75. The molecular weight excluding hydrogens is 158 g/mol. The number of fused-ring (bicyclic) bond motifs is 2. The van der Waals surface area contributed by atoms with Crippen molar-refractivity contribution in [3.05, 3.63) is 0 Å². The molecule has 0 aliphatic heterocycles. The Labute approximate surface area is 82.1 Å². The highest BCUT2D eigenvalue weighted by molar-refractivity contribution is 5.15. The van der Waals surface area contributed by atoms with E-state index in [1.54, 1.807) is 0 Å². The molecule has 2 fully saturated rings. The van der Waals surface area contributed by atoms with Gasteiger partial charge < -0.3 is 5.73 Å². The summed E-state index contributed by atoms with van der Waals surface area (Å²) in [5, 5.41) is 0. The van der Waals surface area contributed by atoms with Crippen molar-refractivity contribution in [3.8, 4) is 0 Å². The van der Waals surface area contributed by atoms with E-state index in [2.05, 4.69) is 20.8 Å². The second-order valence-corrected chi connectivity index (χ2v) is 5.35. The maximum atomic E-state index is 6.56. The van der Waals surface area contributed by atoms with Crippen LogP contribution in [-0.2, 0) is 0 Å². The van der Waals surface area contributed by atoms with Crippen molar-refractivity contribution in [1.82, 2.24) is 0 Å². The van der Waals surface area contributed by atoms with Gasteiger partial charge in [-0.1, -0.05) is 13.8 Å². The van der Waals surface area contributed by atoms with Crippen LogP contribution in [0, 0.1) is 17.3 Å². The summed E-state index contributed by atoms with van der Waals surface area (Å²) in [4.78, 5) is 0. The lowest BCUT2D eigenvalue weighted by Gasteiger charge is -2.49. The molecule has 2 aliphatic carbocycles. The molecule has 13 heavy (non-hydrogen) atoms. The van der Waals surface area contributed by atoms with Gasteiger partial charge in [0.15, 0.2) is 0 Å². The van der Waals surface area contributed by atoms with E-state index in [0.29, 0.717) is 5.41 Å². The average molecular weight is 181 g/mol. The van der Waals surface area contributed by atoms with Crippen molar-refractivity contribution in [2.24, 2.45) is 23.0 Å². The minimum Gasteiger partial charge on any atom is -0.325 e. The lowest BCUT2D eigenvalue weighted by atomic mass is 9.59. The fourth-order valence-electron chi connectivity index (χ4n) is 4.46. The highest BCUT2D eigenvalue weighted by Crippen LogP contribution is 2.63. The van der Waals surface area contributed by atoms with E-state index < -0.39 is 0 Å². The van der Waals surface area contributed by atoms with Crippen LogP contribution in [0.5, 0.6) is 0 Å². The number of hydrogen-bond acceptors (Lipinski definition) is 1. The Bertz CT molecular complexity index is 203. The van der Waals surface area contributed by atoms with Crippen LogP contribution in [0.1, 0.15) is 52.9 Å². The van der Waals surface area contributed by atoms with Gasteiger partial charge in [0.05, 0.1) is 0 Å². The van der Waals surface area contributed by atoms with Crippen LogP contribution in [0.3, 0.4) is 0 Å². The Morgan fingerprint density at radius 3 is 2.00 bits per heavy atom. The molecule has 2 N–H and O–H groups in total. The highest BCUT2D eigenvalue weighted by atomic mass is 14.9. The van der Waals surface area contributed by atoms with Crippen LogP contribution in [0.15, 0.2) is 0 Å². The molecule has 0 saturated heterocycles. The van der Waals surface area contributed by atoms with Gasteiger partial charge >= 0.3 is 0 Å². The lowest BCUT2D eigenvalue weighted by molar-refractivity contribution is 0.0512. The van der Waals surface area contributed by atoms with Crippen LogP contribution in [-0.4, -0.2) is 5.54 Å². The largest absolute Gasteiger partial charge is 0.325 e. The Morgan fingerprint density at radius 2 is 1.69 bits per heavy atom. The van der Waals surface area contributed by atoms with Crippen LogP contribution >= 0.6 is 0 Å². The molecule has 2 unspecified atom stereocenters. The van der Waals surface area contributed by atoms with Crippen molar-refractivity contribution in [1.29, 1.82) is 0 Å². The third kappa shape index (κ3) is 0.918. The van der Waals surface area contributed by atoms with Gasteiger partial charge in [-0.3, -0.25) is 0 Å². The first-order valence-electron chi connectivity index (χ1n) is 5.87. The second kappa shape index (κ2) is 2.73. The third-order valence-electron chi connectivity index (χ3n) is 5.40. The van der Waals surface area contributed by atoms with Crippen LogP contribution in [0.25, 0.3) is 0 Å². The van der Waals surface area contributed by atoms with E-state index in [1.165, 1.54) is 32.1 Å². The Kier molecular flexibility index (Phi) is 1.99. The number of rotatable bonds is 2. The predicted octanol–water partition coefficient (Wildman–Crippen LogP) is 2.94. The fourth-order valence-corrected chi connectivity index (χ4v) is 4.46. The summed E-state index contributed by atoms with van der Waals surface area (Å²) < 4.78 is 0. The van der Waals surface area contributed by atoms with Gasteiger partial charge in [0, 0.05) is 5.54 Å². The molecule has 0 aromatic carbocycles. The standard InChI is InChI=1S/C12H23N/c1-4-12(5-2)10-7-6-9(8-10)11(12,3)13/h9-10H,4-8,13H2,1-3H3/t9?,10?,11-/m0/s1. The van der Waals surface area contributed by atoms with Crippen LogP contribution < -0.4 is 5.73 Å². The first kappa shape index (κ1) is 9.51. The molecular formula is C12H23N. The van der Waals surface area contributed by atoms with E-state index >= 15 is 0 Å². The maximum absolute atomic E-state index is 6.56. The Morgan fingerprint density at radius 1 is 1.15 bits per heavy atom. The zero-order chi connectivity index (χ0) is 9.69. The minimum atomic E-state index is 0.124. The van der Waals surface area contributed by atoms with Gasteiger partial charge in [-0.2, -0.15) is 0 Å². The molecule has 0 aromatic heterocycles. The Balaban J connectivity index is 2.36. The zero-order valence-corrected chi connectivity index (χ0v) is 9.27. The average Bonchev–Trinajstić information content (AvgIpc) is 2.62. The number of nitrogens with two attached hydrogens (primary N) is 1. The van der Waals surface area contributed by atoms with E-state index in [1.807, 2.05) is 0 Å². The molecule has 0 heterocycles. The van der Waals surface area contributed by atoms with Gasteiger partial charge in [0.1, 0.15) is 0 Å². The summed E-state index contributed by atoms with van der Waals surface area (Å²) in [6, 6.07) is 0. The molecule has 2 aliphatic rings. The molecule has 1 heteroatoms. The molecule has 2 bridgehead atoms. The zero-order valence-electron chi connectivity index (χ0n) is 9.27. The lowest BCUT2D eigenvalue weighted by Crippen LogP contribution is -2.56. The first-order valence-corrected chi connectivity index (χ1v) is 5.87. The quantitative estimate of drug-likeness (QED) is 0.696. The van der Waals surface area contributed by atoms with Crippen molar-refractivity contribution in [2.45, 2.75) is 58.4 Å². The SMILES string of the molecule is CCC1(CC)C2CCC(C2)[C@]1(C)N. The third-order valence-corrected chi connectivity index (χ3v) is 5.40. The molecule has 0 radical (unpaired) electrons. The summed E-state index contributed by atoms with van der Waals surface area (Å²) >= 11 is 0. The number of hydrogen-bond donors (Lipinski definition) is 1. The summed E-state index contributed by atoms with van der Waals surface area (Å²) in [7, 11) is 0. The van der Waals surface area contributed by atoms with Gasteiger partial charge in [0.25, 0.3) is 0 Å². The molecule has 2 saturated carbocycles. The van der Waals surface area contributed by atoms with Crippen molar-refractivity contribution >= 4 is 0 Å². The molecule has 0 spiro atoms. The normalized spacial score (nSPS) is 47.1. The molecule has 0 amide bonds. The topological polar surface area (TPSA) is 26.0 Å². The monoisotopic (exact) mass is 181 g/mol. The molecule has 76 valence electrons. The maximum Gasteiger partial charge on any atom is 0.0213 e. The van der Waals surface area contributed by atoms with Gasteiger partial charge in [-0.05, 0) is 56.3 Å². The van der Waals surface area contributed by atoms with Gasteiger partial charge in [0.2, 0.25) is 0 Å². The van der Waals surface area contributed by atoms with Crippen molar-refractivity contribution in [3.63, 3.8) is 0 Å². The van der Waals surface area contributed by atoms with E-state index in [9.17, 15) is 0 Å². The van der Waals surface area contributed by atoms with Crippen LogP contribution in [0.4, 0.5) is 0 Å². The molecule has 1 nitrogen and oxygen atoms in total. The van der Waals surface area contributed by atoms with E-state index in [4.69, 9.17) is 5.73 Å². The molecule has 0 aromatic rings.